The number of alkyl halides is 2. The van der Waals surface area contributed by atoms with Crippen LogP contribution in [0.15, 0.2) is 24.3 Å². The van der Waals surface area contributed by atoms with Gasteiger partial charge in [-0.05, 0) is 31.0 Å². The Labute approximate surface area is 141 Å². The van der Waals surface area contributed by atoms with Crippen molar-refractivity contribution in [3.8, 4) is 23.7 Å². The number of hydrogen-bond acceptors (Lipinski definition) is 0. The summed E-state index contributed by atoms with van der Waals surface area (Å²) in [6.07, 6.45) is 4.07. The maximum atomic E-state index is 3.40. The maximum absolute atomic E-state index is 3.40. The molecular formula is C18H22Br2. The highest BCUT2D eigenvalue weighted by atomic mass is 79.9. The van der Waals surface area contributed by atoms with Gasteiger partial charge in [0.25, 0.3) is 0 Å². The molecule has 0 aliphatic rings. The van der Waals surface area contributed by atoms with Gasteiger partial charge in [0.2, 0.25) is 0 Å². The average Bonchev–Trinajstić information content (AvgIpc) is 2.51. The van der Waals surface area contributed by atoms with Crippen LogP contribution in [0.3, 0.4) is 0 Å². The number of halogens is 2. The Morgan fingerprint density at radius 2 is 1.30 bits per heavy atom. The fourth-order valence-electron chi connectivity index (χ4n) is 1.31. The molecule has 1 aromatic rings. The molecule has 0 spiro atoms. The predicted octanol–water partition coefficient (Wildman–Crippen LogP) is 5.77. The van der Waals surface area contributed by atoms with E-state index < -0.39 is 0 Å². The molecule has 0 unspecified atom stereocenters. The summed E-state index contributed by atoms with van der Waals surface area (Å²) < 4.78 is 0. The lowest BCUT2D eigenvalue weighted by molar-refractivity contribution is 1.00. The summed E-state index contributed by atoms with van der Waals surface area (Å²) in [5, 5.41) is 2.03. The number of unbranched alkanes of at least 4 members (excludes halogenated alkanes) is 2. The largest absolute Gasteiger partial charge is 0.0979 e. The summed E-state index contributed by atoms with van der Waals surface area (Å²) in [6, 6.07) is 8.14. The molecule has 0 bridgehead atoms. The minimum Gasteiger partial charge on any atom is -0.0979 e. The zero-order chi connectivity index (χ0) is 15.1. The van der Waals surface area contributed by atoms with E-state index in [1.54, 1.807) is 0 Å². The number of hydrogen-bond donors (Lipinski definition) is 0. The monoisotopic (exact) mass is 396 g/mol. The van der Waals surface area contributed by atoms with Crippen molar-refractivity contribution in [2.24, 2.45) is 0 Å². The molecule has 0 nitrogen and oxygen atoms in total. The molecule has 0 atom stereocenters. The number of rotatable bonds is 4. The quantitative estimate of drug-likeness (QED) is 0.344. The summed E-state index contributed by atoms with van der Waals surface area (Å²) in [7, 11) is 0. The van der Waals surface area contributed by atoms with Crippen LogP contribution in [0.2, 0.25) is 0 Å². The van der Waals surface area contributed by atoms with Crippen LogP contribution in [-0.4, -0.2) is 10.7 Å². The molecule has 0 aliphatic heterocycles. The molecule has 20 heavy (non-hydrogen) atoms. The van der Waals surface area contributed by atoms with E-state index in [2.05, 4.69) is 61.6 Å². The number of benzene rings is 1. The van der Waals surface area contributed by atoms with Crippen LogP contribution >= 0.6 is 31.9 Å². The Morgan fingerprint density at radius 3 is 1.70 bits per heavy atom. The van der Waals surface area contributed by atoms with Gasteiger partial charge >= 0.3 is 0 Å². The molecule has 108 valence electrons. The molecule has 0 radical (unpaired) electrons. The van der Waals surface area contributed by atoms with E-state index in [4.69, 9.17) is 0 Å². The first kappa shape index (κ1) is 19.3. The van der Waals surface area contributed by atoms with E-state index in [1.807, 2.05) is 32.0 Å². The van der Waals surface area contributed by atoms with Crippen molar-refractivity contribution in [1.29, 1.82) is 0 Å². The highest BCUT2D eigenvalue weighted by Gasteiger charge is 1.89. The van der Waals surface area contributed by atoms with Gasteiger partial charge in [0, 0.05) is 34.6 Å². The fraction of sp³-hybridized carbons (Fsp3) is 0.444. The van der Waals surface area contributed by atoms with Gasteiger partial charge in [-0.3, -0.25) is 0 Å². The molecule has 1 rings (SSSR count). The summed E-state index contributed by atoms with van der Waals surface area (Å²) in [5.41, 5.74) is 2.11. The van der Waals surface area contributed by atoms with Crippen molar-refractivity contribution in [2.45, 2.75) is 39.5 Å². The minimum atomic E-state index is 0.937. The molecule has 0 aliphatic carbocycles. The summed E-state index contributed by atoms with van der Waals surface area (Å²) >= 11 is 6.80. The third kappa shape index (κ3) is 10.1. The molecule has 0 N–H and O–H groups in total. The Balaban J connectivity index is 0.00000172. The van der Waals surface area contributed by atoms with Crippen molar-refractivity contribution in [1.82, 2.24) is 0 Å². The molecule has 0 fully saturated rings. The van der Waals surface area contributed by atoms with Gasteiger partial charge in [-0.25, -0.2) is 0 Å². The van der Waals surface area contributed by atoms with E-state index in [0.29, 0.717) is 0 Å². The standard InChI is InChI=1S/C16H16Br2.C2H6/c17-12-5-1-3-8-15-10-7-11-16(14-15)9-4-2-6-13-18;1-2/h7,10-11,14H,1-2,5-6,12-13H2;1-2H3. The van der Waals surface area contributed by atoms with E-state index >= 15 is 0 Å². The summed E-state index contributed by atoms with van der Waals surface area (Å²) in [5.74, 6) is 12.7. The lowest BCUT2D eigenvalue weighted by Crippen LogP contribution is -1.79. The van der Waals surface area contributed by atoms with Crippen molar-refractivity contribution < 1.29 is 0 Å². The van der Waals surface area contributed by atoms with Crippen LogP contribution in [0.5, 0.6) is 0 Å². The van der Waals surface area contributed by atoms with Gasteiger partial charge < -0.3 is 0 Å². The summed E-state index contributed by atoms with van der Waals surface area (Å²) in [4.78, 5) is 0. The first-order chi connectivity index (χ1) is 9.86. The van der Waals surface area contributed by atoms with Gasteiger partial charge in [-0.1, -0.05) is 75.5 Å². The minimum absolute atomic E-state index is 0.937. The van der Waals surface area contributed by atoms with Crippen LogP contribution in [0.25, 0.3) is 0 Å². The smallest absolute Gasteiger partial charge is 0.0257 e. The molecule has 0 aromatic heterocycles. The topological polar surface area (TPSA) is 0 Å². The van der Waals surface area contributed by atoms with Gasteiger partial charge in [-0.15, -0.1) is 0 Å². The highest BCUT2D eigenvalue weighted by Crippen LogP contribution is 2.03. The van der Waals surface area contributed by atoms with E-state index in [9.17, 15) is 0 Å². The first-order valence-corrected chi connectivity index (χ1v) is 9.31. The van der Waals surface area contributed by atoms with E-state index in [1.165, 1.54) is 0 Å². The zero-order valence-corrected chi connectivity index (χ0v) is 15.5. The van der Waals surface area contributed by atoms with Gasteiger partial charge in [-0.2, -0.15) is 0 Å². The fourth-order valence-corrected chi connectivity index (χ4v) is 1.87. The third-order valence-corrected chi connectivity index (χ3v) is 3.32. The zero-order valence-electron chi connectivity index (χ0n) is 12.3. The highest BCUT2D eigenvalue weighted by molar-refractivity contribution is 9.09. The Kier molecular flexibility index (Phi) is 14.2. The normalized spacial score (nSPS) is 8.40. The van der Waals surface area contributed by atoms with Gasteiger partial charge in [0.1, 0.15) is 0 Å². The van der Waals surface area contributed by atoms with E-state index in [-0.39, 0.29) is 0 Å². The van der Waals surface area contributed by atoms with Gasteiger partial charge in [0.05, 0.1) is 0 Å². The predicted molar refractivity (Wildman–Crippen MR) is 97.6 cm³/mol. The molecule has 2 heteroatoms. The van der Waals surface area contributed by atoms with Crippen LogP contribution in [0.1, 0.15) is 50.7 Å². The van der Waals surface area contributed by atoms with Gasteiger partial charge in [0.15, 0.2) is 0 Å². The van der Waals surface area contributed by atoms with Crippen LogP contribution in [-0.2, 0) is 0 Å². The van der Waals surface area contributed by atoms with Crippen LogP contribution in [0, 0.1) is 23.7 Å². The first-order valence-electron chi connectivity index (χ1n) is 7.06. The molecule has 0 amide bonds. The third-order valence-electron chi connectivity index (χ3n) is 2.20. The summed E-state index contributed by atoms with van der Waals surface area (Å²) in [6.45, 7) is 4.00. The van der Waals surface area contributed by atoms with Crippen molar-refractivity contribution in [3.63, 3.8) is 0 Å². The SMILES string of the molecule is BrCCCC#Cc1cccc(C#CCCCBr)c1.CC. The molecular weight excluding hydrogens is 376 g/mol. The lowest BCUT2D eigenvalue weighted by Gasteiger charge is -1.92. The van der Waals surface area contributed by atoms with Crippen LogP contribution < -0.4 is 0 Å². The molecule has 0 heterocycles. The second-order valence-electron chi connectivity index (χ2n) is 3.77. The van der Waals surface area contributed by atoms with Crippen molar-refractivity contribution >= 4 is 31.9 Å². The average molecular weight is 398 g/mol. The Hall–Kier alpha value is -0.700. The second kappa shape index (κ2) is 14.7. The van der Waals surface area contributed by atoms with E-state index in [0.717, 1.165) is 47.5 Å². The lowest BCUT2D eigenvalue weighted by atomic mass is 10.1. The molecule has 0 saturated carbocycles. The van der Waals surface area contributed by atoms with Crippen LogP contribution in [0.4, 0.5) is 0 Å². The second-order valence-corrected chi connectivity index (χ2v) is 5.36. The molecule has 0 saturated heterocycles. The van der Waals surface area contributed by atoms with Crippen molar-refractivity contribution in [2.75, 3.05) is 10.7 Å². The maximum Gasteiger partial charge on any atom is 0.0257 e. The molecule has 1 aromatic carbocycles. The Morgan fingerprint density at radius 1 is 0.850 bits per heavy atom. The van der Waals surface area contributed by atoms with Crippen molar-refractivity contribution in [3.05, 3.63) is 35.4 Å². The Bertz CT molecular complexity index is 428.